The van der Waals surface area contributed by atoms with E-state index in [0.717, 1.165) is 0 Å². The molecule has 0 aromatic carbocycles. The second kappa shape index (κ2) is 8.30. The van der Waals surface area contributed by atoms with Crippen molar-refractivity contribution in [1.82, 2.24) is 5.32 Å². The van der Waals surface area contributed by atoms with Crippen LogP contribution in [0.3, 0.4) is 0 Å². The fourth-order valence-corrected chi connectivity index (χ4v) is 1.14. The van der Waals surface area contributed by atoms with Gasteiger partial charge >= 0.3 is 12.1 Å². The summed E-state index contributed by atoms with van der Waals surface area (Å²) in [6, 6.07) is -1.16. The van der Waals surface area contributed by atoms with Gasteiger partial charge in [0.2, 0.25) is 0 Å². The van der Waals surface area contributed by atoms with Crippen molar-refractivity contribution in [2.45, 2.75) is 52.7 Å². The van der Waals surface area contributed by atoms with Gasteiger partial charge in [0.15, 0.2) is 6.04 Å². The number of alkyl carbamates (subject to hydrolysis) is 1. The molecule has 1 amide bonds. The van der Waals surface area contributed by atoms with Crippen molar-refractivity contribution < 1.29 is 23.9 Å². The van der Waals surface area contributed by atoms with Crippen LogP contribution in [0.4, 0.5) is 4.79 Å². The number of esters is 1. The fraction of sp³-hybridized carbons (Fsp3) is 0.667. The second-order valence-corrected chi connectivity index (χ2v) is 5.72. The first kappa shape index (κ1) is 19.0. The number of hydrogen-bond acceptors (Lipinski definition) is 5. The number of carbonyl (C=O) groups is 3. The van der Waals surface area contributed by atoms with Crippen LogP contribution < -0.4 is 5.32 Å². The minimum Gasteiger partial charge on any atom is -0.467 e. The Morgan fingerprint density at radius 1 is 1.19 bits per heavy atom. The molecule has 0 fully saturated rings. The first-order chi connectivity index (χ1) is 9.56. The monoisotopic (exact) mass is 297 g/mol. The Kier molecular flexibility index (Phi) is 7.50. The average molecular weight is 297 g/mol. The lowest BCUT2D eigenvalue weighted by Crippen LogP contribution is -2.43. The fourth-order valence-electron chi connectivity index (χ4n) is 1.14. The quantitative estimate of drug-likeness (QED) is 0.630. The summed E-state index contributed by atoms with van der Waals surface area (Å²) in [4.78, 5) is 34.6. The van der Waals surface area contributed by atoms with E-state index in [1.807, 2.05) is 0 Å². The van der Waals surface area contributed by atoms with Crippen LogP contribution >= 0.6 is 0 Å². The van der Waals surface area contributed by atoms with Gasteiger partial charge in [-0.1, -0.05) is 25.7 Å². The van der Waals surface area contributed by atoms with Crippen molar-refractivity contribution in [3.8, 4) is 11.8 Å². The van der Waals surface area contributed by atoms with Crippen molar-refractivity contribution in [2.24, 2.45) is 5.92 Å². The van der Waals surface area contributed by atoms with E-state index in [1.165, 1.54) is 7.11 Å². The highest BCUT2D eigenvalue weighted by Gasteiger charge is 2.23. The SMILES string of the molecule is COC(=O)[C@H](C#CCC(=O)C(C)C)NC(=O)OC(C)(C)C. The molecule has 0 rings (SSSR count). The normalized spacial score (nSPS) is 12.0. The highest BCUT2D eigenvalue weighted by molar-refractivity contribution is 5.86. The van der Waals surface area contributed by atoms with Crippen molar-refractivity contribution in [2.75, 3.05) is 7.11 Å². The molecule has 0 heterocycles. The van der Waals surface area contributed by atoms with Gasteiger partial charge in [-0.05, 0) is 20.8 Å². The van der Waals surface area contributed by atoms with Crippen molar-refractivity contribution in [3.63, 3.8) is 0 Å². The molecule has 6 heteroatoms. The number of rotatable bonds is 4. The first-order valence-corrected chi connectivity index (χ1v) is 6.65. The Balaban J connectivity index is 4.76. The Bertz CT molecular complexity index is 451. The van der Waals surface area contributed by atoms with Gasteiger partial charge < -0.3 is 9.47 Å². The summed E-state index contributed by atoms with van der Waals surface area (Å²) in [5, 5.41) is 2.31. The van der Waals surface area contributed by atoms with Gasteiger partial charge in [-0.3, -0.25) is 10.1 Å². The lowest BCUT2D eigenvalue weighted by atomic mass is 10.1. The minimum absolute atomic E-state index is 0.0150. The number of nitrogens with one attached hydrogen (secondary N) is 1. The molecule has 1 atom stereocenters. The standard InChI is InChI=1S/C15H23NO5/c1-10(2)12(17)9-7-8-11(13(18)20-6)16-14(19)21-15(3,4)5/h10-11H,9H2,1-6H3,(H,16,19)/t11-/m0/s1. The molecule has 0 saturated carbocycles. The molecule has 0 aromatic heterocycles. The number of carbonyl (C=O) groups excluding carboxylic acids is 3. The molecule has 0 saturated heterocycles. The molecule has 21 heavy (non-hydrogen) atoms. The number of hydrogen-bond donors (Lipinski definition) is 1. The predicted octanol–water partition coefficient (Wildman–Crippen LogP) is 1.67. The van der Waals surface area contributed by atoms with Gasteiger partial charge in [0, 0.05) is 5.92 Å². The number of methoxy groups -OCH3 is 1. The van der Waals surface area contributed by atoms with Crippen molar-refractivity contribution >= 4 is 17.8 Å². The van der Waals surface area contributed by atoms with Crippen LogP contribution in [-0.4, -0.2) is 36.6 Å². The molecular weight excluding hydrogens is 274 g/mol. The van der Waals surface area contributed by atoms with Crippen molar-refractivity contribution in [1.29, 1.82) is 0 Å². The molecule has 0 radical (unpaired) electrons. The van der Waals surface area contributed by atoms with E-state index >= 15 is 0 Å². The van der Waals surface area contributed by atoms with E-state index in [0.29, 0.717) is 0 Å². The maximum atomic E-state index is 11.6. The van der Waals surface area contributed by atoms with Crippen LogP contribution in [0.1, 0.15) is 41.0 Å². The Morgan fingerprint density at radius 2 is 1.76 bits per heavy atom. The van der Waals surface area contributed by atoms with Gasteiger partial charge in [0.25, 0.3) is 0 Å². The topological polar surface area (TPSA) is 81.7 Å². The van der Waals surface area contributed by atoms with Crippen LogP contribution in [0.2, 0.25) is 0 Å². The van der Waals surface area contributed by atoms with E-state index in [2.05, 4.69) is 21.9 Å². The van der Waals surface area contributed by atoms with Crippen LogP contribution in [0.5, 0.6) is 0 Å². The zero-order chi connectivity index (χ0) is 16.6. The van der Waals surface area contributed by atoms with Crippen LogP contribution in [-0.2, 0) is 19.1 Å². The van der Waals surface area contributed by atoms with Crippen LogP contribution in [0.25, 0.3) is 0 Å². The van der Waals surface area contributed by atoms with Gasteiger partial charge in [-0.15, -0.1) is 0 Å². The zero-order valence-electron chi connectivity index (χ0n) is 13.4. The van der Waals surface area contributed by atoms with E-state index in [-0.39, 0.29) is 18.1 Å². The highest BCUT2D eigenvalue weighted by Crippen LogP contribution is 2.07. The van der Waals surface area contributed by atoms with E-state index in [1.54, 1.807) is 34.6 Å². The van der Waals surface area contributed by atoms with Gasteiger partial charge in [0.1, 0.15) is 11.4 Å². The lowest BCUT2D eigenvalue weighted by Gasteiger charge is -2.20. The summed E-state index contributed by atoms with van der Waals surface area (Å²) in [6.07, 6.45) is -0.761. The third-order valence-electron chi connectivity index (χ3n) is 2.25. The summed E-state index contributed by atoms with van der Waals surface area (Å²) < 4.78 is 9.59. The predicted molar refractivity (Wildman–Crippen MR) is 77.4 cm³/mol. The average Bonchev–Trinajstić information content (AvgIpc) is 2.33. The second-order valence-electron chi connectivity index (χ2n) is 5.72. The van der Waals surface area contributed by atoms with Gasteiger partial charge in [-0.2, -0.15) is 0 Å². The molecule has 118 valence electrons. The molecule has 6 nitrogen and oxygen atoms in total. The number of ether oxygens (including phenoxy) is 2. The minimum atomic E-state index is -1.16. The molecule has 0 aliphatic carbocycles. The number of ketones is 1. The molecule has 0 spiro atoms. The Hall–Kier alpha value is -2.03. The summed E-state index contributed by atoms with van der Waals surface area (Å²) in [7, 11) is 1.19. The summed E-state index contributed by atoms with van der Waals surface area (Å²) >= 11 is 0. The number of Topliss-reactive ketones (excluding diaryl/α,β-unsaturated/α-hetero) is 1. The lowest BCUT2D eigenvalue weighted by molar-refractivity contribution is -0.141. The molecule has 0 unspecified atom stereocenters. The van der Waals surface area contributed by atoms with Crippen LogP contribution in [0, 0.1) is 17.8 Å². The van der Waals surface area contributed by atoms with Crippen molar-refractivity contribution in [3.05, 3.63) is 0 Å². The zero-order valence-corrected chi connectivity index (χ0v) is 13.4. The molecule has 1 N–H and O–H groups in total. The Labute approximate surface area is 125 Å². The summed E-state index contributed by atoms with van der Waals surface area (Å²) in [6.45, 7) is 8.63. The van der Waals surface area contributed by atoms with Gasteiger partial charge in [-0.25, -0.2) is 9.59 Å². The smallest absolute Gasteiger partial charge is 0.409 e. The molecule has 0 bridgehead atoms. The summed E-state index contributed by atoms with van der Waals surface area (Å²) in [5.41, 5.74) is -0.689. The molecule has 0 aromatic rings. The first-order valence-electron chi connectivity index (χ1n) is 6.65. The largest absolute Gasteiger partial charge is 0.467 e. The van der Waals surface area contributed by atoms with E-state index in [9.17, 15) is 14.4 Å². The molecule has 0 aliphatic rings. The molecule has 0 aliphatic heterocycles. The maximum Gasteiger partial charge on any atom is 0.409 e. The van der Waals surface area contributed by atoms with Crippen LogP contribution in [0.15, 0.2) is 0 Å². The third-order valence-corrected chi connectivity index (χ3v) is 2.25. The van der Waals surface area contributed by atoms with E-state index in [4.69, 9.17) is 4.74 Å². The maximum absolute atomic E-state index is 11.6. The third kappa shape index (κ3) is 8.69. The van der Waals surface area contributed by atoms with E-state index < -0.39 is 23.7 Å². The number of amides is 1. The highest BCUT2D eigenvalue weighted by atomic mass is 16.6. The Morgan fingerprint density at radius 3 is 2.19 bits per heavy atom. The molecular formula is C15H23NO5. The summed E-state index contributed by atoms with van der Waals surface area (Å²) in [5.74, 6) is 4.21. The van der Waals surface area contributed by atoms with Gasteiger partial charge in [0.05, 0.1) is 13.5 Å².